The summed E-state index contributed by atoms with van der Waals surface area (Å²) in [6, 6.07) is 13.9. The molecule has 0 spiro atoms. The number of nitrogens with zero attached hydrogens (tertiary/aromatic N) is 2. The summed E-state index contributed by atoms with van der Waals surface area (Å²) in [5.74, 6) is 0.000859. The van der Waals surface area contributed by atoms with Crippen LogP contribution >= 0.6 is 0 Å². The van der Waals surface area contributed by atoms with Crippen LogP contribution in [0.3, 0.4) is 0 Å². The van der Waals surface area contributed by atoms with Gasteiger partial charge in [0.05, 0.1) is 6.61 Å². The number of hydrogen-bond donors (Lipinski definition) is 2. The molecular weight excluding hydrogens is 266 g/mol. The van der Waals surface area contributed by atoms with Crippen molar-refractivity contribution < 1.29 is 9.94 Å². The highest BCUT2D eigenvalue weighted by molar-refractivity contribution is 5.95. The van der Waals surface area contributed by atoms with E-state index in [1.54, 1.807) is 12.3 Å². The van der Waals surface area contributed by atoms with Gasteiger partial charge in [0, 0.05) is 12.8 Å². The number of hydrogen-bond acceptors (Lipinski definition) is 4. The SMILES string of the molecule is NC(=NO)c1cc(COCCCc2ccccc2)ccn1. The second-order valence-electron chi connectivity index (χ2n) is 4.68. The molecule has 1 aromatic heterocycles. The summed E-state index contributed by atoms with van der Waals surface area (Å²) in [5, 5.41) is 11.6. The minimum Gasteiger partial charge on any atom is -0.409 e. The molecule has 0 saturated heterocycles. The Morgan fingerprint density at radius 2 is 2.00 bits per heavy atom. The average Bonchev–Trinajstić information content (AvgIpc) is 2.55. The molecule has 1 heterocycles. The molecule has 0 radical (unpaired) electrons. The van der Waals surface area contributed by atoms with E-state index in [2.05, 4.69) is 22.3 Å². The standard InChI is InChI=1S/C16H19N3O2/c17-16(19-20)15-11-14(8-9-18-15)12-21-10-4-7-13-5-2-1-3-6-13/h1-3,5-6,8-9,11,20H,4,7,10,12H2,(H2,17,19). The van der Waals surface area contributed by atoms with Gasteiger partial charge in [0.2, 0.25) is 0 Å². The lowest BCUT2D eigenvalue weighted by molar-refractivity contribution is 0.118. The van der Waals surface area contributed by atoms with Gasteiger partial charge >= 0.3 is 0 Å². The van der Waals surface area contributed by atoms with Crippen molar-refractivity contribution in [2.24, 2.45) is 10.9 Å². The fourth-order valence-corrected chi connectivity index (χ4v) is 1.97. The lowest BCUT2D eigenvalue weighted by atomic mass is 10.1. The zero-order valence-electron chi connectivity index (χ0n) is 11.8. The van der Waals surface area contributed by atoms with Gasteiger partial charge in [-0.15, -0.1) is 0 Å². The molecule has 0 aliphatic rings. The van der Waals surface area contributed by atoms with Crippen LogP contribution in [0.15, 0.2) is 53.8 Å². The van der Waals surface area contributed by atoms with Crippen molar-refractivity contribution in [3.05, 3.63) is 65.5 Å². The minimum atomic E-state index is 0.000859. The molecule has 0 amide bonds. The predicted molar refractivity (Wildman–Crippen MR) is 81.2 cm³/mol. The summed E-state index contributed by atoms with van der Waals surface area (Å²) in [4.78, 5) is 4.02. The van der Waals surface area contributed by atoms with Crippen LogP contribution < -0.4 is 5.73 Å². The maximum atomic E-state index is 8.63. The maximum Gasteiger partial charge on any atom is 0.188 e. The Hall–Kier alpha value is -2.40. The Balaban J connectivity index is 1.74. The van der Waals surface area contributed by atoms with Gasteiger partial charge in [-0.2, -0.15) is 0 Å². The van der Waals surface area contributed by atoms with E-state index in [9.17, 15) is 0 Å². The summed E-state index contributed by atoms with van der Waals surface area (Å²) in [6.07, 6.45) is 3.60. The molecule has 0 aliphatic heterocycles. The van der Waals surface area contributed by atoms with E-state index in [0.29, 0.717) is 18.9 Å². The third-order valence-corrected chi connectivity index (χ3v) is 3.06. The first-order valence-corrected chi connectivity index (χ1v) is 6.84. The van der Waals surface area contributed by atoms with E-state index in [4.69, 9.17) is 15.7 Å². The first kappa shape index (κ1) is 15.0. The summed E-state index contributed by atoms with van der Waals surface area (Å²) in [6.45, 7) is 1.18. The van der Waals surface area contributed by atoms with Crippen LogP contribution in [0.1, 0.15) is 23.2 Å². The van der Waals surface area contributed by atoms with Crippen molar-refractivity contribution in [2.75, 3.05) is 6.61 Å². The largest absolute Gasteiger partial charge is 0.409 e. The zero-order chi connectivity index (χ0) is 14.9. The van der Waals surface area contributed by atoms with Gasteiger partial charge < -0.3 is 15.7 Å². The highest BCUT2D eigenvalue weighted by Crippen LogP contribution is 2.06. The number of aryl methyl sites for hydroxylation is 1. The van der Waals surface area contributed by atoms with Crippen molar-refractivity contribution in [2.45, 2.75) is 19.4 Å². The number of aromatic nitrogens is 1. The number of oxime groups is 1. The Morgan fingerprint density at radius 1 is 1.19 bits per heavy atom. The minimum absolute atomic E-state index is 0.000859. The monoisotopic (exact) mass is 285 g/mol. The molecule has 3 N–H and O–H groups in total. The predicted octanol–water partition coefficient (Wildman–Crippen LogP) is 2.33. The van der Waals surface area contributed by atoms with Crippen LogP contribution in [-0.4, -0.2) is 22.6 Å². The van der Waals surface area contributed by atoms with E-state index in [1.165, 1.54) is 5.56 Å². The van der Waals surface area contributed by atoms with Crippen molar-refractivity contribution in [3.63, 3.8) is 0 Å². The molecule has 5 heteroatoms. The maximum absolute atomic E-state index is 8.63. The zero-order valence-corrected chi connectivity index (χ0v) is 11.8. The lowest BCUT2D eigenvalue weighted by Crippen LogP contribution is -2.15. The second kappa shape index (κ2) is 8.01. The molecule has 0 unspecified atom stereocenters. The molecule has 0 fully saturated rings. The molecule has 21 heavy (non-hydrogen) atoms. The summed E-state index contributed by atoms with van der Waals surface area (Å²) in [7, 11) is 0. The average molecular weight is 285 g/mol. The van der Waals surface area contributed by atoms with Crippen molar-refractivity contribution in [1.29, 1.82) is 0 Å². The van der Waals surface area contributed by atoms with Crippen LogP contribution in [0.5, 0.6) is 0 Å². The van der Waals surface area contributed by atoms with Gasteiger partial charge in [-0.1, -0.05) is 35.5 Å². The van der Waals surface area contributed by atoms with E-state index in [1.807, 2.05) is 24.3 Å². The van der Waals surface area contributed by atoms with Gasteiger partial charge in [0.1, 0.15) is 5.69 Å². The van der Waals surface area contributed by atoms with Gasteiger partial charge in [0.25, 0.3) is 0 Å². The first-order valence-electron chi connectivity index (χ1n) is 6.84. The highest BCUT2D eigenvalue weighted by Gasteiger charge is 2.02. The molecule has 0 saturated carbocycles. The van der Waals surface area contributed by atoms with Crippen LogP contribution in [-0.2, 0) is 17.8 Å². The number of pyridine rings is 1. The molecule has 0 atom stereocenters. The molecule has 2 rings (SSSR count). The number of ether oxygens (including phenoxy) is 1. The van der Waals surface area contributed by atoms with E-state index >= 15 is 0 Å². The molecule has 0 bridgehead atoms. The first-order chi connectivity index (χ1) is 10.3. The quantitative estimate of drug-likeness (QED) is 0.269. The van der Waals surface area contributed by atoms with Gasteiger partial charge in [-0.3, -0.25) is 4.98 Å². The number of nitrogens with two attached hydrogens (primary N) is 1. The Morgan fingerprint density at radius 3 is 2.76 bits per heavy atom. The van der Waals surface area contributed by atoms with Crippen LogP contribution in [0.25, 0.3) is 0 Å². The molecule has 1 aromatic carbocycles. The molecule has 110 valence electrons. The lowest BCUT2D eigenvalue weighted by Gasteiger charge is -2.06. The van der Waals surface area contributed by atoms with E-state index < -0.39 is 0 Å². The molecular formula is C16H19N3O2. The van der Waals surface area contributed by atoms with Crippen molar-refractivity contribution in [1.82, 2.24) is 4.98 Å². The Labute approximate surface area is 124 Å². The number of benzene rings is 1. The summed E-state index contributed by atoms with van der Waals surface area (Å²) >= 11 is 0. The van der Waals surface area contributed by atoms with Crippen LogP contribution in [0.2, 0.25) is 0 Å². The highest BCUT2D eigenvalue weighted by atomic mass is 16.5. The molecule has 5 nitrogen and oxygen atoms in total. The number of rotatable bonds is 7. The summed E-state index contributed by atoms with van der Waals surface area (Å²) < 4.78 is 5.64. The van der Waals surface area contributed by atoms with E-state index in [-0.39, 0.29) is 5.84 Å². The van der Waals surface area contributed by atoms with Crippen molar-refractivity contribution in [3.8, 4) is 0 Å². The summed E-state index contributed by atoms with van der Waals surface area (Å²) in [5.41, 5.74) is 8.22. The normalized spacial score (nSPS) is 11.5. The van der Waals surface area contributed by atoms with Crippen LogP contribution in [0, 0.1) is 0 Å². The fourth-order valence-electron chi connectivity index (χ4n) is 1.97. The molecule has 0 aliphatic carbocycles. The van der Waals surface area contributed by atoms with Crippen LogP contribution in [0.4, 0.5) is 0 Å². The fraction of sp³-hybridized carbons (Fsp3) is 0.250. The van der Waals surface area contributed by atoms with Gasteiger partial charge in [-0.05, 0) is 36.1 Å². The number of amidine groups is 1. The topological polar surface area (TPSA) is 80.7 Å². The smallest absolute Gasteiger partial charge is 0.188 e. The Bertz CT molecular complexity index is 585. The molecule has 2 aromatic rings. The second-order valence-corrected chi connectivity index (χ2v) is 4.68. The van der Waals surface area contributed by atoms with Gasteiger partial charge in [0.15, 0.2) is 5.84 Å². The van der Waals surface area contributed by atoms with E-state index in [0.717, 1.165) is 18.4 Å². The third kappa shape index (κ3) is 4.89. The van der Waals surface area contributed by atoms with Gasteiger partial charge in [-0.25, -0.2) is 0 Å². The Kier molecular flexibility index (Phi) is 5.72. The third-order valence-electron chi connectivity index (χ3n) is 3.06. The van der Waals surface area contributed by atoms with Crippen molar-refractivity contribution >= 4 is 5.84 Å².